The summed E-state index contributed by atoms with van der Waals surface area (Å²) in [5.74, 6) is 2.34. The van der Waals surface area contributed by atoms with Crippen molar-refractivity contribution in [3.8, 4) is 17.2 Å². The summed E-state index contributed by atoms with van der Waals surface area (Å²) in [5, 5.41) is 0. The Morgan fingerprint density at radius 1 is 0.617 bits per heavy atom. The first kappa shape index (κ1) is 35.0. The Labute approximate surface area is 288 Å². The van der Waals surface area contributed by atoms with Crippen molar-refractivity contribution < 1.29 is 28.4 Å². The van der Waals surface area contributed by atoms with Crippen molar-refractivity contribution >= 4 is 23.2 Å². The van der Waals surface area contributed by atoms with Gasteiger partial charge in [0.25, 0.3) is 0 Å². The molecule has 0 bridgehead atoms. The fraction of sp³-hybridized carbons (Fsp3) is 0.368. The molecule has 1 saturated heterocycles. The zero-order valence-corrected chi connectivity index (χ0v) is 28.4. The van der Waals surface area contributed by atoms with Crippen molar-refractivity contribution in [1.29, 1.82) is 0 Å². The van der Waals surface area contributed by atoms with Crippen LogP contribution in [0.1, 0.15) is 34.6 Å². The highest BCUT2D eigenvalue weighted by molar-refractivity contribution is 6.43. The smallest absolute Gasteiger partial charge is 0.160 e. The van der Waals surface area contributed by atoms with E-state index in [4.69, 9.17) is 51.6 Å². The number of likely N-dealkylation sites (tertiary alicyclic amines) is 1. The van der Waals surface area contributed by atoms with E-state index in [0.717, 1.165) is 40.4 Å². The van der Waals surface area contributed by atoms with Crippen LogP contribution in [0.25, 0.3) is 0 Å². The lowest BCUT2D eigenvalue weighted by Crippen LogP contribution is -2.53. The van der Waals surface area contributed by atoms with Crippen LogP contribution in [-0.2, 0) is 34.0 Å². The van der Waals surface area contributed by atoms with E-state index in [1.54, 1.807) is 14.2 Å². The van der Waals surface area contributed by atoms with Crippen molar-refractivity contribution in [3.63, 3.8) is 0 Å². The number of hydrogen-bond acceptors (Lipinski definition) is 7. The van der Waals surface area contributed by atoms with Gasteiger partial charge in [-0.1, -0.05) is 89.9 Å². The predicted octanol–water partition coefficient (Wildman–Crippen LogP) is 8.02. The van der Waals surface area contributed by atoms with Gasteiger partial charge >= 0.3 is 0 Å². The molecule has 1 heterocycles. The minimum absolute atomic E-state index is 0.0738. The van der Waals surface area contributed by atoms with Gasteiger partial charge in [-0.25, -0.2) is 0 Å². The molecule has 7 nitrogen and oxygen atoms in total. The summed E-state index contributed by atoms with van der Waals surface area (Å²) in [7, 11) is 3.32. The molecule has 4 aromatic carbocycles. The second kappa shape index (κ2) is 18.3. The van der Waals surface area contributed by atoms with Gasteiger partial charge in [-0.05, 0) is 58.7 Å². The first-order valence-electron chi connectivity index (χ1n) is 15.9. The number of halogens is 2. The molecule has 0 spiro atoms. The van der Waals surface area contributed by atoms with E-state index >= 15 is 0 Å². The zero-order chi connectivity index (χ0) is 32.8. The van der Waals surface area contributed by atoms with Crippen LogP contribution in [0.2, 0.25) is 0 Å². The van der Waals surface area contributed by atoms with Gasteiger partial charge in [-0.15, -0.1) is 0 Å². The third-order valence-corrected chi connectivity index (χ3v) is 8.78. The highest BCUT2D eigenvalue weighted by Gasteiger charge is 2.41. The molecular weight excluding hydrogens is 637 g/mol. The predicted molar refractivity (Wildman–Crippen MR) is 186 cm³/mol. The molecule has 47 heavy (non-hydrogen) atoms. The Kier molecular flexibility index (Phi) is 13.6. The minimum atomic E-state index is -0.692. The summed E-state index contributed by atoms with van der Waals surface area (Å²) >= 11 is 12.9. The van der Waals surface area contributed by atoms with Crippen molar-refractivity contribution in [3.05, 3.63) is 125 Å². The zero-order valence-electron chi connectivity index (χ0n) is 26.9. The van der Waals surface area contributed by atoms with Crippen LogP contribution in [-0.4, -0.2) is 62.6 Å². The van der Waals surface area contributed by atoms with Crippen LogP contribution < -0.4 is 14.2 Å². The highest BCUT2D eigenvalue weighted by atomic mass is 35.5. The molecule has 0 N–H and O–H groups in total. The minimum Gasteiger partial charge on any atom is -0.497 e. The van der Waals surface area contributed by atoms with Crippen molar-refractivity contribution in [2.45, 2.75) is 49.3 Å². The summed E-state index contributed by atoms with van der Waals surface area (Å²) in [6.45, 7) is 3.77. The average Bonchev–Trinajstić information content (AvgIpc) is 3.12. The SMILES string of the molecule is COc1ccc(CO[C@H]2CN(C(Cl)Cl)C[C@@H](OCc3ccc(OC)cc3)C2c2ccc(OCCCOCc3ccccc3)cc2)cc1. The van der Waals surface area contributed by atoms with Crippen molar-refractivity contribution in [2.75, 3.05) is 40.5 Å². The van der Waals surface area contributed by atoms with Crippen LogP contribution in [0.15, 0.2) is 103 Å². The first-order valence-corrected chi connectivity index (χ1v) is 16.8. The molecule has 1 fully saturated rings. The van der Waals surface area contributed by atoms with Gasteiger partial charge in [0.15, 0.2) is 4.96 Å². The number of hydrogen-bond donors (Lipinski definition) is 0. The monoisotopic (exact) mass is 679 g/mol. The van der Waals surface area contributed by atoms with Crippen LogP contribution in [0.3, 0.4) is 0 Å². The molecule has 1 aliphatic rings. The fourth-order valence-corrected chi connectivity index (χ4v) is 5.98. The molecule has 250 valence electrons. The Morgan fingerprint density at radius 2 is 1.13 bits per heavy atom. The summed E-state index contributed by atoms with van der Waals surface area (Å²) in [4.78, 5) is 1.30. The van der Waals surface area contributed by atoms with E-state index in [2.05, 4.69) is 24.3 Å². The summed E-state index contributed by atoms with van der Waals surface area (Å²) < 4.78 is 35.7. The topological polar surface area (TPSA) is 58.6 Å². The van der Waals surface area contributed by atoms with Gasteiger partial charge in [0.2, 0.25) is 0 Å². The molecule has 0 aromatic heterocycles. The largest absolute Gasteiger partial charge is 0.497 e. The van der Waals surface area contributed by atoms with E-state index in [1.807, 2.05) is 83.8 Å². The summed E-state index contributed by atoms with van der Waals surface area (Å²) in [6.07, 6.45) is 0.327. The lowest BCUT2D eigenvalue weighted by atomic mass is 9.84. The molecule has 9 heteroatoms. The van der Waals surface area contributed by atoms with E-state index in [-0.39, 0.29) is 18.1 Å². The Hall–Kier alpha value is -3.30. The normalized spacial score (nSPS) is 18.3. The number of alkyl halides is 2. The van der Waals surface area contributed by atoms with E-state index in [0.29, 0.717) is 46.1 Å². The van der Waals surface area contributed by atoms with Gasteiger partial charge in [0.1, 0.15) is 17.2 Å². The number of benzene rings is 4. The quantitative estimate of drug-likeness (QED) is 0.0636. The molecule has 5 rings (SSSR count). The van der Waals surface area contributed by atoms with Gasteiger partial charge in [-0.3, -0.25) is 4.90 Å². The molecule has 0 amide bonds. The second-order valence-corrected chi connectivity index (χ2v) is 12.5. The third-order valence-electron chi connectivity index (χ3n) is 8.23. The Morgan fingerprint density at radius 3 is 1.64 bits per heavy atom. The molecule has 4 aromatic rings. The maximum absolute atomic E-state index is 6.63. The van der Waals surface area contributed by atoms with Crippen LogP contribution in [0, 0.1) is 0 Å². The van der Waals surface area contributed by atoms with Crippen LogP contribution in [0.5, 0.6) is 17.2 Å². The lowest BCUT2D eigenvalue weighted by molar-refractivity contribution is -0.0985. The number of methoxy groups -OCH3 is 2. The average molecular weight is 681 g/mol. The fourth-order valence-electron chi connectivity index (χ4n) is 5.66. The summed E-state index contributed by atoms with van der Waals surface area (Å²) in [5.41, 5.74) is 4.35. The van der Waals surface area contributed by atoms with Gasteiger partial charge in [0, 0.05) is 25.4 Å². The maximum atomic E-state index is 6.63. The standard InChI is InChI=1S/C38H43Cl2NO6/c1-42-32-15-9-29(10-16-32)26-46-35-23-41(38(39)40)24-36(47-27-30-11-17-33(43-2)18-12-30)37(35)31-13-19-34(20-14-31)45-22-6-21-44-25-28-7-4-3-5-8-28/h3-5,7-20,35-38H,6,21-27H2,1-2H3/t35-,36+,37?. The van der Waals surface area contributed by atoms with E-state index < -0.39 is 4.96 Å². The molecule has 1 aliphatic heterocycles. The summed E-state index contributed by atoms with van der Waals surface area (Å²) in [6, 6.07) is 34.2. The van der Waals surface area contributed by atoms with Gasteiger partial charge < -0.3 is 28.4 Å². The lowest BCUT2D eigenvalue weighted by Gasteiger charge is -2.44. The number of nitrogens with zero attached hydrogens (tertiary/aromatic N) is 1. The molecule has 0 radical (unpaired) electrons. The van der Waals surface area contributed by atoms with Gasteiger partial charge in [-0.2, -0.15) is 0 Å². The molecular formula is C38H43Cl2NO6. The highest BCUT2D eigenvalue weighted by Crippen LogP contribution is 2.36. The Bertz CT molecular complexity index is 1390. The van der Waals surface area contributed by atoms with Crippen molar-refractivity contribution in [1.82, 2.24) is 4.90 Å². The second-order valence-electron chi connectivity index (χ2n) is 11.5. The third kappa shape index (κ3) is 10.6. The van der Waals surface area contributed by atoms with Crippen LogP contribution >= 0.6 is 23.2 Å². The van der Waals surface area contributed by atoms with Gasteiger partial charge in [0.05, 0.1) is 59.5 Å². The molecule has 1 unspecified atom stereocenters. The maximum Gasteiger partial charge on any atom is 0.160 e. The number of rotatable bonds is 17. The number of ether oxygens (including phenoxy) is 6. The van der Waals surface area contributed by atoms with Crippen molar-refractivity contribution in [2.24, 2.45) is 0 Å². The molecule has 0 saturated carbocycles. The van der Waals surface area contributed by atoms with E-state index in [1.165, 1.54) is 5.56 Å². The van der Waals surface area contributed by atoms with E-state index in [9.17, 15) is 0 Å². The number of piperidine rings is 1. The first-order chi connectivity index (χ1) is 23.0. The Balaban J connectivity index is 1.26. The molecule has 0 aliphatic carbocycles. The van der Waals surface area contributed by atoms with Crippen LogP contribution in [0.4, 0.5) is 0 Å². The molecule has 3 atom stereocenters.